The van der Waals surface area contributed by atoms with Crippen LogP contribution >= 0.6 is 0 Å². The Morgan fingerprint density at radius 1 is 1.09 bits per heavy atom. The molecule has 6 nitrogen and oxygen atoms in total. The van der Waals surface area contributed by atoms with E-state index in [0.717, 1.165) is 5.56 Å². The largest absolute Gasteiger partial charge is 0.489 e. The third-order valence-electron chi connectivity index (χ3n) is 2.99. The molecule has 0 bridgehead atoms. The lowest BCUT2D eigenvalue weighted by molar-refractivity contribution is -0.384. The number of carbonyl (C=O) groups excluding carboxylic acids is 1. The van der Waals surface area contributed by atoms with E-state index in [1.807, 2.05) is 0 Å². The monoisotopic (exact) mass is 315 g/mol. The summed E-state index contributed by atoms with van der Waals surface area (Å²) in [7, 11) is 0. The topological polar surface area (TPSA) is 78.7 Å². The molecule has 0 unspecified atom stereocenters. The van der Waals surface area contributed by atoms with E-state index in [9.17, 15) is 14.9 Å². The van der Waals surface area contributed by atoms with E-state index in [-0.39, 0.29) is 24.4 Å². The van der Waals surface area contributed by atoms with Crippen LogP contribution in [-0.4, -0.2) is 17.0 Å². The molecular weight excluding hydrogens is 298 g/mol. The average Bonchev–Trinajstić information content (AvgIpc) is 2.53. The average molecular weight is 315 g/mol. The SMILES string of the molecule is CC(C)OC(=O)c1ccc(OCc2ccc([N+](=O)[O-])cc2)cc1. The number of carbonyl (C=O) groups is 1. The van der Waals surface area contributed by atoms with E-state index in [1.54, 1.807) is 50.2 Å². The molecule has 0 fully saturated rings. The number of esters is 1. The lowest BCUT2D eigenvalue weighted by atomic mass is 10.2. The van der Waals surface area contributed by atoms with E-state index in [0.29, 0.717) is 11.3 Å². The molecule has 0 amide bonds. The Bertz CT molecular complexity index is 677. The molecule has 0 aliphatic carbocycles. The van der Waals surface area contributed by atoms with Crippen molar-refractivity contribution in [3.63, 3.8) is 0 Å². The number of hydrogen-bond acceptors (Lipinski definition) is 5. The molecule has 0 radical (unpaired) electrons. The van der Waals surface area contributed by atoms with Crippen molar-refractivity contribution in [3.8, 4) is 5.75 Å². The first-order valence-corrected chi connectivity index (χ1v) is 7.13. The lowest BCUT2D eigenvalue weighted by Gasteiger charge is -2.09. The van der Waals surface area contributed by atoms with E-state index in [2.05, 4.69) is 0 Å². The summed E-state index contributed by atoms with van der Waals surface area (Å²) in [4.78, 5) is 21.9. The Hall–Kier alpha value is -2.89. The summed E-state index contributed by atoms with van der Waals surface area (Å²) in [6.07, 6.45) is -0.166. The maximum Gasteiger partial charge on any atom is 0.338 e. The van der Waals surface area contributed by atoms with Crippen molar-refractivity contribution in [2.45, 2.75) is 26.6 Å². The first-order chi connectivity index (χ1) is 11.0. The van der Waals surface area contributed by atoms with Gasteiger partial charge in [-0.1, -0.05) is 0 Å². The van der Waals surface area contributed by atoms with E-state index in [1.165, 1.54) is 12.1 Å². The predicted molar refractivity (Wildman–Crippen MR) is 84.4 cm³/mol. The summed E-state index contributed by atoms with van der Waals surface area (Å²) in [5, 5.41) is 10.6. The normalized spacial score (nSPS) is 10.4. The minimum absolute atomic E-state index is 0.0433. The highest BCUT2D eigenvalue weighted by Crippen LogP contribution is 2.17. The Balaban J connectivity index is 1.93. The van der Waals surface area contributed by atoms with E-state index < -0.39 is 4.92 Å². The second-order valence-corrected chi connectivity index (χ2v) is 5.19. The number of non-ortho nitro benzene ring substituents is 1. The van der Waals surface area contributed by atoms with Crippen LogP contribution in [0.5, 0.6) is 5.75 Å². The fraction of sp³-hybridized carbons (Fsp3) is 0.235. The molecule has 2 rings (SSSR count). The van der Waals surface area contributed by atoms with Crippen molar-refractivity contribution in [2.75, 3.05) is 0 Å². The lowest BCUT2D eigenvalue weighted by Crippen LogP contribution is -2.11. The van der Waals surface area contributed by atoms with E-state index >= 15 is 0 Å². The fourth-order valence-electron chi connectivity index (χ4n) is 1.85. The molecule has 120 valence electrons. The smallest absolute Gasteiger partial charge is 0.338 e. The standard InChI is InChI=1S/C17H17NO5/c1-12(2)23-17(19)14-5-9-16(10-6-14)22-11-13-3-7-15(8-4-13)18(20)21/h3-10,12H,11H2,1-2H3. The molecule has 0 aliphatic rings. The molecule has 2 aromatic carbocycles. The van der Waals surface area contributed by atoms with Crippen LogP contribution in [0.1, 0.15) is 29.8 Å². The molecule has 6 heteroatoms. The summed E-state index contributed by atoms with van der Waals surface area (Å²) in [6, 6.07) is 12.8. The van der Waals surface area contributed by atoms with Gasteiger partial charge in [0.25, 0.3) is 5.69 Å². The maximum atomic E-state index is 11.7. The summed E-state index contributed by atoms with van der Waals surface area (Å²) < 4.78 is 10.7. The molecule has 2 aromatic rings. The molecular formula is C17H17NO5. The molecule has 0 aromatic heterocycles. The Morgan fingerprint density at radius 2 is 1.70 bits per heavy atom. The van der Waals surface area contributed by atoms with Gasteiger partial charge >= 0.3 is 5.97 Å². The number of nitro benzene ring substituents is 1. The molecule has 0 saturated carbocycles. The zero-order valence-electron chi connectivity index (χ0n) is 12.9. The maximum absolute atomic E-state index is 11.7. The first-order valence-electron chi connectivity index (χ1n) is 7.13. The summed E-state index contributed by atoms with van der Waals surface area (Å²) in [5.41, 5.74) is 1.32. The van der Waals surface area contributed by atoms with Gasteiger partial charge in [-0.3, -0.25) is 10.1 Å². The summed E-state index contributed by atoms with van der Waals surface area (Å²) >= 11 is 0. The number of ether oxygens (including phenoxy) is 2. The highest BCUT2D eigenvalue weighted by atomic mass is 16.6. The number of hydrogen-bond donors (Lipinski definition) is 0. The van der Waals surface area contributed by atoms with E-state index in [4.69, 9.17) is 9.47 Å². The van der Waals surface area contributed by atoms with Crippen LogP contribution in [0, 0.1) is 10.1 Å². The molecule has 0 aliphatic heterocycles. The van der Waals surface area contributed by atoms with Crippen molar-refractivity contribution >= 4 is 11.7 Å². The van der Waals surface area contributed by atoms with Gasteiger partial charge in [0.05, 0.1) is 16.6 Å². The molecule has 0 atom stereocenters. The van der Waals surface area contributed by atoms with Gasteiger partial charge in [0, 0.05) is 12.1 Å². The van der Waals surface area contributed by atoms with Gasteiger partial charge in [0.2, 0.25) is 0 Å². The molecule has 23 heavy (non-hydrogen) atoms. The number of nitrogens with zero attached hydrogens (tertiary/aromatic N) is 1. The van der Waals surface area contributed by atoms with Crippen molar-refractivity contribution < 1.29 is 19.2 Å². The second kappa shape index (κ2) is 7.40. The van der Waals surface area contributed by atoms with Crippen molar-refractivity contribution in [1.29, 1.82) is 0 Å². The highest BCUT2D eigenvalue weighted by Gasteiger charge is 2.09. The number of nitro groups is 1. The van der Waals surface area contributed by atoms with Crippen LogP contribution in [0.15, 0.2) is 48.5 Å². The molecule has 0 N–H and O–H groups in total. The summed E-state index contributed by atoms with van der Waals surface area (Å²) in [5.74, 6) is 0.228. The molecule has 0 heterocycles. The van der Waals surface area contributed by atoms with Gasteiger partial charge in [-0.05, 0) is 55.8 Å². The Labute approximate surface area is 133 Å². The van der Waals surface area contributed by atoms with Gasteiger partial charge in [0.15, 0.2) is 0 Å². The number of benzene rings is 2. The zero-order valence-corrected chi connectivity index (χ0v) is 12.9. The van der Waals surface area contributed by atoms with Crippen LogP contribution in [0.4, 0.5) is 5.69 Å². The van der Waals surface area contributed by atoms with Crippen LogP contribution < -0.4 is 4.74 Å². The first kappa shape index (κ1) is 16.5. The summed E-state index contributed by atoms with van der Waals surface area (Å²) in [6.45, 7) is 3.87. The molecule has 0 spiro atoms. The van der Waals surface area contributed by atoms with Crippen LogP contribution in [0.2, 0.25) is 0 Å². The minimum atomic E-state index is -0.445. The molecule has 0 saturated heterocycles. The Morgan fingerprint density at radius 3 is 2.22 bits per heavy atom. The van der Waals surface area contributed by atoms with Gasteiger partial charge in [-0.2, -0.15) is 0 Å². The second-order valence-electron chi connectivity index (χ2n) is 5.19. The minimum Gasteiger partial charge on any atom is -0.489 e. The number of rotatable bonds is 6. The van der Waals surface area contributed by atoms with Gasteiger partial charge < -0.3 is 9.47 Å². The van der Waals surface area contributed by atoms with Crippen LogP contribution in [0.25, 0.3) is 0 Å². The van der Waals surface area contributed by atoms with Gasteiger partial charge in [-0.15, -0.1) is 0 Å². The van der Waals surface area contributed by atoms with Crippen molar-refractivity contribution in [3.05, 3.63) is 69.8 Å². The van der Waals surface area contributed by atoms with Crippen LogP contribution in [-0.2, 0) is 11.3 Å². The fourth-order valence-corrected chi connectivity index (χ4v) is 1.85. The van der Waals surface area contributed by atoms with Crippen molar-refractivity contribution in [2.24, 2.45) is 0 Å². The predicted octanol–water partition coefficient (Wildman–Crippen LogP) is 3.74. The van der Waals surface area contributed by atoms with Crippen LogP contribution in [0.3, 0.4) is 0 Å². The Kier molecular flexibility index (Phi) is 5.30. The quantitative estimate of drug-likeness (QED) is 0.461. The zero-order chi connectivity index (χ0) is 16.8. The van der Waals surface area contributed by atoms with Crippen molar-refractivity contribution in [1.82, 2.24) is 0 Å². The third kappa shape index (κ3) is 4.81. The third-order valence-corrected chi connectivity index (χ3v) is 2.99. The van der Waals surface area contributed by atoms with Gasteiger partial charge in [-0.25, -0.2) is 4.79 Å². The van der Waals surface area contributed by atoms with Gasteiger partial charge in [0.1, 0.15) is 12.4 Å². The highest BCUT2D eigenvalue weighted by molar-refractivity contribution is 5.89.